The van der Waals surface area contributed by atoms with Crippen LogP contribution in [0.15, 0.2) is 85.2 Å². The van der Waals surface area contributed by atoms with Crippen molar-refractivity contribution in [3.8, 4) is 11.1 Å². The molecule has 3 rings (SSSR count). The molecule has 0 saturated carbocycles. The Morgan fingerprint density at radius 2 is 2.05 bits per heavy atom. The van der Waals surface area contributed by atoms with E-state index in [1.807, 2.05) is 18.3 Å². The molecule has 2 aromatic rings. The zero-order valence-electron chi connectivity index (χ0n) is 11.4. The van der Waals surface area contributed by atoms with Crippen LogP contribution >= 0.6 is 0 Å². The summed E-state index contributed by atoms with van der Waals surface area (Å²) in [5.74, 6) is 0.411. The Bertz CT molecular complexity index is 665. The maximum Gasteiger partial charge on any atom is 0.0346 e. The molecule has 1 unspecified atom stereocenters. The fourth-order valence-corrected chi connectivity index (χ4v) is 2.65. The van der Waals surface area contributed by atoms with Gasteiger partial charge in [0.25, 0.3) is 0 Å². The van der Waals surface area contributed by atoms with Crippen LogP contribution in [0.4, 0.5) is 0 Å². The lowest BCUT2D eigenvalue weighted by atomic mass is 9.84. The number of nitrogens with zero attached hydrogens (tertiary/aromatic N) is 1. The normalized spacial score (nSPS) is 17.6. The van der Waals surface area contributed by atoms with Crippen LogP contribution in [0.25, 0.3) is 11.1 Å². The van der Waals surface area contributed by atoms with Crippen molar-refractivity contribution >= 4 is 0 Å². The van der Waals surface area contributed by atoms with Crippen LogP contribution in [-0.2, 0) is 0 Å². The van der Waals surface area contributed by atoms with Crippen molar-refractivity contribution in [1.29, 1.82) is 0 Å². The molecule has 0 N–H and O–H groups in total. The Labute approximate surface area is 120 Å². The second-order valence-electron chi connectivity index (χ2n) is 4.95. The zero-order valence-corrected chi connectivity index (χ0v) is 11.4. The van der Waals surface area contributed by atoms with Gasteiger partial charge >= 0.3 is 0 Å². The molecule has 1 aliphatic rings. The Balaban J connectivity index is 1.98. The molecule has 1 aromatic heterocycles. The van der Waals surface area contributed by atoms with Crippen LogP contribution in [0, 0.1) is 0 Å². The molecule has 0 fully saturated rings. The van der Waals surface area contributed by atoms with Crippen LogP contribution < -0.4 is 0 Å². The molecular formula is C19H17N. The van der Waals surface area contributed by atoms with Gasteiger partial charge in [-0.25, -0.2) is 0 Å². The second-order valence-corrected chi connectivity index (χ2v) is 4.95. The number of allylic oxidation sites excluding steroid dienone is 5. The van der Waals surface area contributed by atoms with E-state index in [0.29, 0.717) is 5.92 Å². The number of hydrogen-bond acceptors (Lipinski definition) is 1. The van der Waals surface area contributed by atoms with Crippen LogP contribution in [0.2, 0.25) is 0 Å². The minimum absolute atomic E-state index is 0.411. The molecule has 98 valence electrons. The van der Waals surface area contributed by atoms with Gasteiger partial charge in [-0.15, -0.1) is 0 Å². The summed E-state index contributed by atoms with van der Waals surface area (Å²) in [6.45, 7) is 3.93. The molecule has 1 nitrogen and oxygen atoms in total. The van der Waals surface area contributed by atoms with E-state index in [9.17, 15) is 0 Å². The van der Waals surface area contributed by atoms with Crippen molar-refractivity contribution in [3.05, 3.63) is 90.8 Å². The van der Waals surface area contributed by atoms with Crippen molar-refractivity contribution in [1.82, 2.24) is 4.98 Å². The Kier molecular flexibility index (Phi) is 3.60. The van der Waals surface area contributed by atoms with Crippen molar-refractivity contribution in [2.45, 2.75) is 12.3 Å². The van der Waals surface area contributed by atoms with E-state index in [4.69, 9.17) is 0 Å². The third-order valence-corrected chi connectivity index (χ3v) is 3.72. The summed E-state index contributed by atoms with van der Waals surface area (Å²) in [6.07, 6.45) is 13.2. The van der Waals surface area contributed by atoms with Crippen molar-refractivity contribution in [3.63, 3.8) is 0 Å². The van der Waals surface area contributed by atoms with E-state index >= 15 is 0 Å². The quantitative estimate of drug-likeness (QED) is 0.763. The van der Waals surface area contributed by atoms with Gasteiger partial charge in [-0.1, -0.05) is 61.2 Å². The zero-order chi connectivity index (χ0) is 13.8. The average Bonchev–Trinajstić information content (AvgIpc) is 2.56. The molecule has 1 aromatic carbocycles. The van der Waals surface area contributed by atoms with E-state index in [0.717, 1.165) is 12.0 Å². The molecule has 0 spiro atoms. The predicted molar refractivity (Wildman–Crippen MR) is 84.5 cm³/mol. The Morgan fingerprint density at radius 3 is 2.85 bits per heavy atom. The van der Waals surface area contributed by atoms with Crippen molar-refractivity contribution in [2.24, 2.45) is 0 Å². The summed E-state index contributed by atoms with van der Waals surface area (Å²) < 4.78 is 0. The van der Waals surface area contributed by atoms with Gasteiger partial charge in [-0.2, -0.15) is 0 Å². The topological polar surface area (TPSA) is 12.9 Å². The molecule has 1 heterocycles. The molecule has 0 bridgehead atoms. The smallest absolute Gasteiger partial charge is 0.0346 e. The molecule has 0 amide bonds. The highest BCUT2D eigenvalue weighted by Crippen LogP contribution is 2.33. The van der Waals surface area contributed by atoms with Crippen molar-refractivity contribution in [2.75, 3.05) is 0 Å². The fraction of sp³-hybridized carbons (Fsp3) is 0.105. The van der Waals surface area contributed by atoms with Crippen LogP contribution in [0.3, 0.4) is 0 Å². The van der Waals surface area contributed by atoms with E-state index in [-0.39, 0.29) is 0 Å². The average molecular weight is 259 g/mol. The second kappa shape index (κ2) is 5.70. The largest absolute Gasteiger partial charge is 0.264 e. The lowest BCUT2D eigenvalue weighted by molar-refractivity contribution is 0.819. The highest BCUT2D eigenvalue weighted by molar-refractivity contribution is 5.63. The number of aromatic nitrogens is 1. The van der Waals surface area contributed by atoms with E-state index < -0.39 is 0 Å². The molecule has 1 heteroatoms. The van der Waals surface area contributed by atoms with E-state index in [1.54, 1.807) is 6.20 Å². The van der Waals surface area contributed by atoms with Crippen LogP contribution in [0.1, 0.15) is 17.9 Å². The van der Waals surface area contributed by atoms with Gasteiger partial charge in [0.05, 0.1) is 0 Å². The van der Waals surface area contributed by atoms with Gasteiger partial charge in [0.2, 0.25) is 0 Å². The molecular weight excluding hydrogens is 242 g/mol. The maximum atomic E-state index is 4.20. The fourth-order valence-electron chi connectivity index (χ4n) is 2.65. The number of pyridine rings is 1. The minimum atomic E-state index is 0.411. The van der Waals surface area contributed by atoms with Crippen LogP contribution in [-0.4, -0.2) is 4.98 Å². The lowest BCUT2D eigenvalue weighted by Crippen LogP contribution is -2.02. The summed E-state index contributed by atoms with van der Waals surface area (Å²) >= 11 is 0. The van der Waals surface area contributed by atoms with Gasteiger partial charge in [-0.3, -0.25) is 4.98 Å². The summed E-state index contributed by atoms with van der Waals surface area (Å²) in [4.78, 5) is 4.20. The minimum Gasteiger partial charge on any atom is -0.264 e. The first-order valence-corrected chi connectivity index (χ1v) is 6.88. The molecule has 1 aliphatic carbocycles. The standard InChI is InChI=1S/C19H17N/c1-2-15-7-3-4-11-19(15)17-9-5-8-16(13-17)18-10-6-12-20-14-18/h2-10,12-14,19H,1,11H2. The molecule has 1 atom stereocenters. The summed E-state index contributed by atoms with van der Waals surface area (Å²) in [5, 5.41) is 0. The van der Waals surface area contributed by atoms with Gasteiger partial charge < -0.3 is 0 Å². The molecule has 0 aliphatic heterocycles. The van der Waals surface area contributed by atoms with E-state index in [1.165, 1.54) is 16.7 Å². The molecule has 0 saturated heterocycles. The van der Waals surface area contributed by atoms with Gasteiger partial charge in [-0.05, 0) is 34.8 Å². The van der Waals surface area contributed by atoms with Gasteiger partial charge in [0, 0.05) is 18.3 Å². The SMILES string of the molecule is C=CC1=CC=CCC1c1cccc(-c2cccnc2)c1. The van der Waals surface area contributed by atoms with E-state index in [2.05, 4.69) is 60.1 Å². The summed E-state index contributed by atoms with van der Waals surface area (Å²) in [6, 6.07) is 12.8. The number of hydrogen-bond donors (Lipinski definition) is 0. The Hall–Kier alpha value is -2.41. The van der Waals surface area contributed by atoms with Gasteiger partial charge in [0.15, 0.2) is 0 Å². The lowest BCUT2D eigenvalue weighted by Gasteiger charge is -2.20. The van der Waals surface area contributed by atoms with Crippen molar-refractivity contribution < 1.29 is 0 Å². The molecule has 0 radical (unpaired) electrons. The Morgan fingerprint density at radius 1 is 1.15 bits per heavy atom. The predicted octanol–water partition coefficient (Wildman–Crippen LogP) is 4.90. The third kappa shape index (κ3) is 2.48. The third-order valence-electron chi connectivity index (χ3n) is 3.72. The first-order chi connectivity index (χ1) is 9.88. The number of benzene rings is 1. The summed E-state index contributed by atoms with van der Waals surface area (Å²) in [5.41, 5.74) is 5.00. The highest BCUT2D eigenvalue weighted by Gasteiger charge is 2.15. The first-order valence-electron chi connectivity index (χ1n) is 6.88. The highest BCUT2D eigenvalue weighted by atomic mass is 14.6. The van der Waals surface area contributed by atoms with Gasteiger partial charge in [0.1, 0.15) is 0 Å². The van der Waals surface area contributed by atoms with Crippen LogP contribution in [0.5, 0.6) is 0 Å². The summed E-state index contributed by atoms with van der Waals surface area (Å²) in [7, 11) is 0. The first kappa shape index (κ1) is 12.6. The number of rotatable bonds is 3. The molecule has 20 heavy (non-hydrogen) atoms. The monoisotopic (exact) mass is 259 g/mol. The maximum absolute atomic E-state index is 4.20.